The van der Waals surface area contributed by atoms with E-state index in [9.17, 15) is 0 Å². The van der Waals surface area contributed by atoms with Crippen LogP contribution in [0.4, 0.5) is 0 Å². The summed E-state index contributed by atoms with van der Waals surface area (Å²) in [5.74, 6) is 1.97. The lowest BCUT2D eigenvalue weighted by Gasteiger charge is -2.13. The maximum atomic E-state index is 5.17. The third-order valence-electron chi connectivity index (χ3n) is 10.7. The molecule has 0 radical (unpaired) electrons. The highest BCUT2D eigenvalue weighted by molar-refractivity contribution is 7.26. The number of aromatic nitrogens is 3. The molecule has 0 spiro atoms. The highest BCUT2D eigenvalue weighted by Gasteiger charge is 2.19. The maximum Gasteiger partial charge on any atom is 0.164 e. The minimum Gasteiger partial charge on any atom is -0.208 e. The van der Waals surface area contributed by atoms with Crippen LogP contribution in [0.5, 0.6) is 0 Å². The van der Waals surface area contributed by atoms with E-state index in [0.717, 1.165) is 27.8 Å². The third-order valence-corrected chi connectivity index (χ3v) is 11.8. The second-order valence-corrected chi connectivity index (χ2v) is 15.0. The van der Waals surface area contributed by atoms with Gasteiger partial charge in [-0.3, -0.25) is 0 Å². The molecular weight excluding hydrogens is 687 g/mol. The van der Waals surface area contributed by atoms with Crippen molar-refractivity contribution < 1.29 is 0 Å². The Hall–Kier alpha value is -7.01. The zero-order chi connectivity index (χ0) is 36.3. The Balaban J connectivity index is 1.07. The number of nitrogens with zero attached hydrogens (tertiary/aromatic N) is 3. The fourth-order valence-electron chi connectivity index (χ4n) is 8.07. The van der Waals surface area contributed by atoms with Crippen LogP contribution in [-0.2, 0) is 0 Å². The molecule has 256 valence electrons. The van der Waals surface area contributed by atoms with Gasteiger partial charge in [-0.25, -0.2) is 15.0 Å². The maximum absolute atomic E-state index is 5.17. The van der Waals surface area contributed by atoms with Crippen molar-refractivity contribution in [3.63, 3.8) is 0 Å². The molecule has 0 saturated heterocycles. The van der Waals surface area contributed by atoms with Crippen molar-refractivity contribution in [1.82, 2.24) is 15.0 Å². The monoisotopic (exact) mass is 717 g/mol. The standard InChI is InChI=1S/C51H31N3S/c1-3-13-34(14-4-1)49-52-50(35-15-5-2-6-16-35)54-51(53-49)45-30-37(31-47-48(45)43-21-11-12-22-46(43)55-47)33-25-23-32(24-26-33)36-27-28-42-40-19-8-7-17-38(40)39-18-9-10-20-41(39)44(42)29-36/h1-31H. The molecule has 0 aliphatic carbocycles. The summed E-state index contributed by atoms with van der Waals surface area (Å²) in [6, 6.07) is 67.0. The fraction of sp³-hybridized carbons (Fsp3) is 0. The summed E-state index contributed by atoms with van der Waals surface area (Å²) in [7, 11) is 0. The first-order valence-corrected chi connectivity index (χ1v) is 19.3. The summed E-state index contributed by atoms with van der Waals surface area (Å²) < 4.78 is 2.44. The van der Waals surface area contributed by atoms with E-state index >= 15 is 0 Å². The molecule has 0 atom stereocenters. The summed E-state index contributed by atoms with van der Waals surface area (Å²) in [6.45, 7) is 0. The number of thiophene rings is 1. The van der Waals surface area contributed by atoms with Crippen LogP contribution >= 0.6 is 11.3 Å². The van der Waals surface area contributed by atoms with Crippen LogP contribution in [0, 0.1) is 0 Å². The van der Waals surface area contributed by atoms with Crippen molar-refractivity contribution in [2.45, 2.75) is 0 Å². The van der Waals surface area contributed by atoms with Crippen molar-refractivity contribution in [3.05, 3.63) is 188 Å². The van der Waals surface area contributed by atoms with Crippen LogP contribution in [0.1, 0.15) is 0 Å². The van der Waals surface area contributed by atoms with Crippen molar-refractivity contribution in [2.75, 3.05) is 0 Å². The van der Waals surface area contributed by atoms with Gasteiger partial charge >= 0.3 is 0 Å². The fourth-order valence-corrected chi connectivity index (χ4v) is 9.24. The molecule has 0 amide bonds. The molecule has 2 aromatic heterocycles. The average molecular weight is 718 g/mol. The van der Waals surface area contributed by atoms with Gasteiger partial charge in [0, 0.05) is 36.9 Å². The van der Waals surface area contributed by atoms with Gasteiger partial charge in [-0.2, -0.15) is 0 Å². The molecule has 2 heterocycles. The molecule has 0 N–H and O–H groups in total. The lowest BCUT2D eigenvalue weighted by molar-refractivity contribution is 1.08. The van der Waals surface area contributed by atoms with Crippen molar-refractivity contribution in [1.29, 1.82) is 0 Å². The zero-order valence-electron chi connectivity index (χ0n) is 29.6. The molecule has 3 nitrogen and oxygen atoms in total. The number of fused-ring (bicyclic) bond motifs is 9. The highest BCUT2D eigenvalue weighted by Crippen LogP contribution is 2.43. The summed E-state index contributed by atoms with van der Waals surface area (Å²) in [4.78, 5) is 15.3. The summed E-state index contributed by atoms with van der Waals surface area (Å²) in [5, 5.41) is 10.1. The van der Waals surface area contributed by atoms with Crippen LogP contribution in [0.2, 0.25) is 0 Å². The predicted molar refractivity (Wildman–Crippen MR) is 232 cm³/mol. The molecule has 11 rings (SSSR count). The Labute approximate surface area is 321 Å². The van der Waals surface area contributed by atoms with E-state index in [2.05, 4.69) is 152 Å². The number of rotatable bonds is 5. The smallest absolute Gasteiger partial charge is 0.164 e. The predicted octanol–water partition coefficient (Wildman–Crippen LogP) is 14.0. The zero-order valence-corrected chi connectivity index (χ0v) is 30.5. The second kappa shape index (κ2) is 12.8. The Morgan fingerprint density at radius 1 is 0.273 bits per heavy atom. The van der Waals surface area contributed by atoms with Gasteiger partial charge in [0.25, 0.3) is 0 Å². The number of benzene rings is 9. The van der Waals surface area contributed by atoms with E-state index in [1.165, 1.54) is 63.6 Å². The van der Waals surface area contributed by atoms with Crippen LogP contribution in [-0.4, -0.2) is 15.0 Å². The minimum absolute atomic E-state index is 0.656. The van der Waals surface area contributed by atoms with Gasteiger partial charge < -0.3 is 0 Å². The van der Waals surface area contributed by atoms with Crippen LogP contribution in [0.3, 0.4) is 0 Å². The Kier molecular flexibility index (Phi) is 7.35. The normalized spacial score (nSPS) is 11.6. The molecule has 0 aliphatic heterocycles. The SMILES string of the molecule is c1ccc(-c2nc(-c3ccccc3)nc(-c3cc(-c4ccc(-c5ccc6c7ccccc7c7ccccc7c6c5)cc4)cc4sc5ccccc5c34)n2)cc1. The van der Waals surface area contributed by atoms with Crippen LogP contribution < -0.4 is 0 Å². The molecular formula is C51H31N3S. The first kappa shape index (κ1) is 31.5. The summed E-state index contributed by atoms with van der Waals surface area (Å²) in [6.07, 6.45) is 0. The average Bonchev–Trinajstić information content (AvgIpc) is 3.65. The molecule has 0 unspecified atom stereocenters. The van der Waals surface area contributed by atoms with Gasteiger partial charge in [0.15, 0.2) is 17.5 Å². The lowest BCUT2D eigenvalue weighted by atomic mass is 9.91. The molecule has 0 aliphatic rings. The number of hydrogen-bond donors (Lipinski definition) is 0. The van der Waals surface area contributed by atoms with E-state index in [0.29, 0.717) is 17.5 Å². The molecule has 9 aromatic carbocycles. The Morgan fingerprint density at radius 3 is 1.33 bits per heavy atom. The van der Waals surface area contributed by atoms with Gasteiger partial charge in [-0.05, 0) is 78.8 Å². The van der Waals surface area contributed by atoms with Crippen molar-refractivity contribution in [3.8, 4) is 56.4 Å². The number of hydrogen-bond acceptors (Lipinski definition) is 4. The summed E-state index contributed by atoms with van der Waals surface area (Å²) in [5.41, 5.74) is 7.56. The molecule has 11 aromatic rings. The molecule has 0 bridgehead atoms. The van der Waals surface area contributed by atoms with E-state index < -0.39 is 0 Å². The largest absolute Gasteiger partial charge is 0.208 e. The van der Waals surface area contributed by atoms with Gasteiger partial charge in [0.2, 0.25) is 0 Å². The van der Waals surface area contributed by atoms with E-state index in [-0.39, 0.29) is 0 Å². The molecule has 55 heavy (non-hydrogen) atoms. The first-order chi connectivity index (χ1) is 27.2. The van der Waals surface area contributed by atoms with Gasteiger partial charge in [0.1, 0.15) is 0 Å². The van der Waals surface area contributed by atoms with Crippen LogP contribution in [0.25, 0.3) is 109 Å². The second-order valence-electron chi connectivity index (χ2n) is 14.0. The molecule has 0 saturated carbocycles. The topological polar surface area (TPSA) is 38.7 Å². The van der Waals surface area contributed by atoms with Gasteiger partial charge in [-0.15, -0.1) is 11.3 Å². The van der Waals surface area contributed by atoms with Gasteiger partial charge in [-0.1, -0.05) is 164 Å². The van der Waals surface area contributed by atoms with E-state index in [4.69, 9.17) is 15.0 Å². The van der Waals surface area contributed by atoms with Crippen molar-refractivity contribution >= 4 is 63.8 Å². The minimum atomic E-state index is 0.656. The first-order valence-electron chi connectivity index (χ1n) is 18.5. The highest BCUT2D eigenvalue weighted by atomic mass is 32.1. The van der Waals surface area contributed by atoms with E-state index in [1.807, 2.05) is 47.7 Å². The molecule has 0 fully saturated rings. The Morgan fingerprint density at radius 2 is 0.727 bits per heavy atom. The quantitative estimate of drug-likeness (QED) is 0.166. The third kappa shape index (κ3) is 5.38. The molecule has 4 heteroatoms. The van der Waals surface area contributed by atoms with Crippen LogP contribution in [0.15, 0.2) is 188 Å². The lowest BCUT2D eigenvalue weighted by Crippen LogP contribution is -2.00. The Bertz CT molecular complexity index is 3150. The van der Waals surface area contributed by atoms with Gasteiger partial charge in [0.05, 0.1) is 0 Å². The van der Waals surface area contributed by atoms with Crippen molar-refractivity contribution in [2.24, 2.45) is 0 Å². The summed E-state index contributed by atoms with van der Waals surface area (Å²) >= 11 is 1.81. The van der Waals surface area contributed by atoms with E-state index in [1.54, 1.807) is 0 Å².